The lowest BCUT2D eigenvalue weighted by Crippen LogP contribution is -2.22. The van der Waals surface area contributed by atoms with Crippen LogP contribution in [-0.2, 0) is 4.74 Å². The van der Waals surface area contributed by atoms with Gasteiger partial charge in [0.2, 0.25) is 0 Å². The van der Waals surface area contributed by atoms with Gasteiger partial charge in [-0.05, 0) is 25.0 Å². The van der Waals surface area contributed by atoms with E-state index in [9.17, 15) is 9.59 Å². The molecule has 0 aliphatic carbocycles. The number of aromatic amines is 1. The minimum absolute atomic E-state index is 0.292. The van der Waals surface area contributed by atoms with Gasteiger partial charge >= 0.3 is 5.97 Å². The van der Waals surface area contributed by atoms with Crippen LogP contribution in [-0.4, -0.2) is 35.6 Å². The van der Waals surface area contributed by atoms with E-state index in [1.54, 1.807) is 5.38 Å². The minimum atomic E-state index is -0.455. The normalized spacial score (nSPS) is 17.0. The molecule has 3 aromatic rings. The first-order valence-corrected chi connectivity index (χ1v) is 9.44. The number of aryl methyl sites for hydroxylation is 1. The number of anilines is 1. The van der Waals surface area contributed by atoms with Crippen LogP contribution in [0.4, 0.5) is 5.69 Å². The Balaban J connectivity index is 1.41. The maximum atomic E-state index is 12.4. The Labute approximate surface area is 154 Å². The number of fused-ring (bicyclic) bond motifs is 1. The van der Waals surface area contributed by atoms with Gasteiger partial charge in [-0.1, -0.05) is 18.2 Å². The number of thiophene rings is 1. The van der Waals surface area contributed by atoms with Gasteiger partial charge in [0, 0.05) is 30.1 Å². The lowest BCUT2D eigenvalue weighted by molar-refractivity contribution is 0.0454. The zero-order valence-electron chi connectivity index (χ0n) is 14.4. The standard InChI is InChI=1S/C19H19N3O3S/c1-12-4-2-3-5-15(12)22-7-6-13(8-22)9-25-19(24)14-10-26-18-16(14)17(23)20-11-21-18/h2-5,10-11,13H,6-9H2,1H3,(H,20,21,23). The third-order valence-corrected chi connectivity index (χ3v) is 5.67. The van der Waals surface area contributed by atoms with Gasteiger partial charge in [-0.25, -0.2) is 9.78 Å². The predicted molar refractivity (Wildman–Crippen MR) is 102 cm³/mol. The molecule has 2 aromatic heterocycles. The molecule has 0 saturated carbocycles. The monoisotopic (exact) mass is 369 g/mol. The maximum Gasteiger partial charge on any atom is 0.339 e. The summed E-state index contributed by atoms with van der Waals surface area (Å²) in [7, 11) is 0. The number of para-hydroxylation sites is 1. The van der Waals surface area contributed by atoms with Gasteiger partial charge in [-0.15, -0.1) is 11.3 Å². The van der Waals surface area contributed by atoms with Gasteiger partial charge in [-0.2, -0.15) is 0 Å². The van der Waals surface area contributed by atoms with Gasteiger partial charge in [-0.3, -0.25) is 4.79 Å². The summed E-state index contributed by atoms with van der Waals surface area (Å²) in [5, 5.41) is 1.96. The summed E-state index contributed by atoms with van der Waals surface area (Å²) < 4.78 is 5.51. The number of rotatable bonds is 4. The van der Waals surface area contributed by atoms with Crippen LogP contribution in [0.15, 0.2) is 40.8 Å². The van der Waals surface area contributed by atoms with Crippen molar-refractivity contribution in [2.24, 2.45) is 5.92 Å². The second kappa shape index (κ2) is 6.92. The second-order valence-corrected chi connectivity index (χ2v) is 7.40. The van der Waals surface area contributed by atoms with E-state index in [-0.39, 0.29) is 5.56 Å². The van der Waals surface area contributed by atoms with Crippen molar-refractivity contribution in [3.05, 3.63) is 57.5 Å². The van der Waals surface area contributed by atoms with Crippen LogP contribution in [0.5, 0.6) is 0 Å². The van der Waals surface area contributed by atoms with Crippen molar-refractivity contribution in [3.63, 3.8) is 0 Å². The van der Waals surface area contributed by atoms with E-state index in [4.69, 9.17) is 4.74 Å². The third-order valence-electron chi connectivity index (χ3n) is 4.79. The fraction of sp³-hybridized carbons (Fsp3) is 0.316. The number of hydrogen-bond donors (Lipinski definition) is 1. The highest BCUT2D eigenvalue weighted by molar-refractivity contribution is 7.17. The van der Waals surface area contributed by atoms with Crippen molar-refractivity contribution in [3.8, 4) is 0 Å². The zero-order valence-corrected chi connectivity index (χ0v) is 15.2. The lowest BCUT2D eigenvalue weighted by Gasteiger charge is -2.20. The number of H-pyrrole nitrogens is 1. The molecule has 1 aliphatic rings. The smallest absolute Gasteiger partial charge is 0.339 e. The minimum Gasteiger partial charge on any atom is -0.462 e. The molecule has 7 heteroatoms. The van der Waals surface area contributed by atoms with Crippen LogP contribution in [0.25, 0.3) is 10.2 Å². The molecule has 1 aliphatic heterocycles. The van der Waals surface area contributed by atoms with Crippen molar-refractivity contribution in [2.75, 3.05) is 24.6 Å². The van der Waals surface area contributed by atoms with Gasteiger partial charge < -0.3 is 14.6 Å². The molecule has 6 nitrogen and oxygen atoms in total. The van der Waals surface area contributed by atoms with Crippen LogP contribution in [0.3, 0.4) is 0 Å². The molecule has 4 rings (SSSR count). The van der Waals surface area contributed by atoms with E-state index in [0.717, 1.165) is 19.5 Å². The molecule has 0 radical (unpaired) electrons. The highest BCUT2D eigenvalue weighted by Gasteiger charge is 2.25. The van der Waals surface area contributed by atoms with Crippen LogP contribution in [0.2, 0.25) is 0 Å². The number of carbonyl (C=O) groups excluding carboxylic acids is 1. The molecule has 1 fully saturated rings. The highest BCUT2D eigenvalue weighted by Crippen LogP contribution is 2.27. The van der Waals surface area contributed by atoms with Gasteiger partial charge in [0.25, 0.3) is 5.56 Å². The van der Waals surface area contributed by atoms with E-state index in [1.807, 2.05) is 12.1 Å². The molecule has 3 heterocycles. The number of ether oxygens (including phenoxy) is 1. The molecule has 134 valence electrons. The molecular weight excluding hydrogens is 350 g/mol. The van der Waals surface area contributed by atoms with Crippen molar-refractivity contribution >= 4 is 33.2 Å². The van der Waals surface area contributed by atoms with Gasteiger partial charge in [0.1, 0.15) is 4.83 Å². The highest BCUT2D eigenvalue weighted by atomic mass is 32.1. The summed E-state index contributed by atoms with van der Waals surface area (Å²) in [6.45, 7) is 4.29. The van der Waals surface area contributed by atoms with Crippen LogP contribution in [0, 0.1) is 12.8 Å². The number of nitrogens with zero attached hydrogens (tertiary/aromatic N) is 2. The fourth-order valence-corrected chi connectivity index (χ4v) is 4.29. The SMILES string of the molecule is Cc1ccccc1N1CCC(COC(=O)c2csc3nc[nH]c(=O)c23)C1. The van der Waals surface area contributed by atoms with Crippen molar-refractivity contribution in [1.29, 1.82) is 0 Å². The summed E-state index contributed by atoms with van der Waals surface area (Å²) in [5.74, 6) is -0.163. The van der Waals surface area contributed by atoms with Crippen molar-refractivity contribution in [2.45, 2.75) is 13.3 Å². The number of benzene rings is 1. The first-order chi connectivity index (χ1) is 12.6. The second-order valence-electron chi connectivity index (χ2n) is 6.55. The average Bonchev–Trinajstić information content (AvgIpc) is 3.28. The predicted octanol–water partition coefficient (Wildman–Crippen LogP) is 2.98. The van der Waals surface area contributed by atoms with E-state index < -0.39 is 5.97 Å². The Hall–Kier alpha value is -2.67. The van der Waals surface area contributed by atoms with E-state index in [2.05, 4.69) is 33.9 Å². The van der Waals surface area contributed by atoms with Crippen molar-refractivity contribution < 1.29 is 9.53 Å². The van der Waals surface area contributed by atoms with Crippen molar-refractivity contribution in [1.82, 2.24) is 9.97 Å². The molecule has 1 atom stereocenters. The molecule has 1 aromatic carbocycles. The molecule has 26 heavy (non-hydrogen) atoms. The number of aromatic nitrogens is 2. The number of carbonyl (C=O) groups is 1. The fourth-order valence-electron chi connectivity index (χ4n) is 3.41. The first-order valence-electron chi connectivity index (χ1n) is 8.56. The summed E-state index contributed by atoms with van der Waals surface area (Å²) >= 11 is 1.27. The molecule has 1 unspecified atom stereocenters. The third kappa shape index (κ3) is 3.10. The summed E-state index contributed by atoms with van der Waals surface area (Å²) in [6.07, 6.45) is 2.32. The average molecular weight is 369 g/mol. The zero-order chi connectivity index (χ0) is 18.1. The van der Waals surface area contributed by atoms with E-state index in [1.165, 1.54) is 28.9 Å². The molecule has 1 N–H and O–H groups in total. The molecule has 1 saturated heterocycles. The van der Waals surface area contributed by atoms with E-state index in [0.29, 0.717) is 28.3 Å². The lowest BCUT2D eigenvalue weighted by atomic mass is 10.1. The first kappa shape index (κ1) is 16.8. The number of hydrogen-bond acceptors (Lipinski definition) is 6. The largest absolute Gasteiger partial charge is 0.462 e. The maximum absolute atomic E-state index is 12.4. The Morgan fingerprint density at radius 1 is 1.42 bits per heavy atom. The summed E-state index contributed by atoms with van der Waals surface area (Å²) in [4.78, 5) is 33.9. The quantitative estimate of drug-likeness (QED) is 0.716. The number of nitrogens with one attached hydrogen (secondary N) is 1. The Kier molecular flexibility index (Phi) is 4.46. The van der Waals surface area contributed by atoms with E-state index >= 15 is 0 Å². The number of esters is 1. The Morgan fingerprint density at radius 2 is 2.27 bits per heavy atom. The summed E-state index contributed by atoms with van der Waals surface area (Å²) in [5.41, 5.74) is 2.48. The van der Waals surface area contributed by atoms with Crippen LogP contribution < -0.4 is 10.5 Å². The Bertz CT molecular complexity index is 1010. The summed E-state index contributed by atoms with van der Waals surface area (Å²) in [6, 6.07) is 8.31. The van der Waals surface area contributed by atoms with Gasteiger partial charge in [0.15, 0.2) is 0 Å². The molecule has 0 amide bonds. The molecule has 0 spiro atoms. The molecule has 0 bridgehead atoms. The van der Waals surface area contributed by atoms with Gasteiger partial charge in [0.05, 0.1) is 23.9 Å². The van der Waals surface area contributed by atoms with Crippen LogP contribution in [0.1, 0.15) is 22.3 Å². The van der Waals surface area contributed by atoms with Crippen LogP contribution >= 0.6 is 11.3 Å². The Morgan fingerprint density at radius 3 is 3.12 bits per heavy atom. The topological polar surface area (TPSA) is 75.3 Å². The molecular formula is C19H19N3O3S.